The Hall–Kier alpha value is -2.53. The van der Waals surface area contributed by atoms with Gasteiger partial charge in [0.2, 0.25) is 0 Å². The molecule has 1 N–H and O–H groups in total. The van der Waals surface area contributed by atoms with Crippen molar-refractivity contribution in [2.45, 2.75) is 63.9 Å². The fourth-order valence-corrected chi connectivity index (χ4v) is 4.81. The van der Waals surface area contributed by atoms with Gasteiger partial charge in [-0.15, -0.1) is 0 Å². The second-order valence-electron chi connectivity index (χ2n) is 9.02. The van der Waals surface area contributed by atoms with Gasteiger partial charge < -0.3 is 10.0 Å². The zero-order valence-electron chi connectivity index (χ0n) is 18.1. The SMILES string of the molecule is O=C(CC[C@H](O)CCC1Cc2ccccc2C1)c1ccc(C(=O)N2CCCCC2)nc1. The molecule has 1 aliphatic heterocycles. The number of ketones is 1. The first-order valence-corrected chi connectivity index (χ1v) is 11.6. The van der Waals surface area contributed by atoms with E-state index < -0.39 is 6.10 Å². The third-order valence-electron chi connectivity index (χ3n) is 6.70. The first-order chi connectivity index (χ1) is 15.1. The number of likely N-dealkylation sites (tertiary alicyclic amines) is 1. The van der Waals surface area contributed by atoms with Crippen LogP contribution in [0.25, 0.3) is 0 Å². The number of carbonyl (C=O) groups is 2. The molecule has 1 aromatic heterocycles. The maximum absolute atomic E-state index is 12.5. The maximum atomic E-state index is 12.5. The lowest BCUT2D eigenvalue weighted by Crippen LogP contribution is -2.36. The minimum atomic E-state index is -0.458. The van der Waals surface area contributed by atoms with E-state index in [0.717, 1.165) is 51.6 Å². The lowest BCUT2D eigenvalue weighted by atomic mass is 9.95. The number of aromatic nitrogens is 1. The Balaban J connectivity index is 1.20. The Morgan fingerprint density at radius 2 is 1.71 bits per heavy atom. The van der Waals surface area contributed by atoms with E-state index in [-0.39, 0.29) is 11.7 Å². The van der Waals surface area contributed by atoms with E-state index in [2.05, 4.69) is 29.2 Å². The zero-order valence-corrected chi connectivity index (χ0v) is 18.1. The van der Waals surface area contributed by atoms with Crippen LogP contribution < -0.4 is 0 Å². The molecule has 164 valence electrons. The second-order valence-corrected chi connectivity index (χ2v) is 9.02. The summed E-state index contributed by atoms with van der Waals surface area (Å²) in [6.07, 6.45) is 8.96. The highest BCUT2D eigenvalue weighted by Crippen LogP contribution is 2.30. The standard InChI is InChI=1S/C26H32N2O3/c29-23(10-8-19-16-20-6-2-3-7-21(20)17-19)11-13-25(30)22-9-12-24(27-18-22)26(31)28-14-4-1-5-15-28/h2-3,6-7,9,12,18-19,23,29H,1,4-5,8,10-11,13-17H2/t23-/m1/s1. The zero-order chi connectivity index (χ0) is 21.6. The summed E-state index contributed by atoms with van der Waals surface area (Å²) in [5.74, 6) is 0.511. The molecule has 0 spiro atoms. The monoisotopic (exact) mass is 420 g/mol. The number of nitrogens with zero attached hydrogens (tertiary/aromatic N) is 2. The largest absolute Gasteiger partial charge is 0.393 e. The summed E-state index contributed by atoms with van der Waals surface area (Å²) in [7, 11) is 0. The van der Waals surface area contributed by atoms with Gasteiger partial charge in [0.15, 0.2) is 5.78 Å². The number of piperidine rings is 1. The van der Waals surface area contributed by atoms with E-state index in [9.17, 15) is 14.7 Å². The molecule has 5 heteroatoms. The molecule has 2 aromatic rings. The molecule has 2 heterocycles. The van der Waals surface area contributed by atoms with E-state index in [0.29, 0.717) is 30.0 Å². The van der Waals surface area contributed by atoms with Crippen LogP contribution >= 0.6 is 0 Å². The summed E-state index contributed by atoms with van der Waals surface area (Å²) in [4.78, 5) is 31.1. The quantitative estimate of drug-likeness (QED) is 0.649. The Labute approximate surface area is 184 Å². The van der Waals surface area contributed by atoms with Crippen LogP contribution in [-0.2, 0) is 12.8 Å². The molecule has 1 aromatic carbocycles. The van der Waals surface area contributed by atoms with Crippen LogP contribution in [0, 0.1) is 5.92 Å². The third-order valence-corrected chi connectivity index (χ3v) is 6.70. The van der Waals surface area contributed by atoms with Gasteiger partial charge in [-0.1, -0.05) is 24.3 Å². The van der Waals surface area contributed by atoms with Crippen molar-refractivity contribution in [3.05, 3.63) is 65.0 Å². The Kier molecular flexibility index (Phi) is 7.13. The lowest BCUT2D eigenvalue weighted by Gasteiger charge is -2.26. The number of amides is 1. The maximum Gasteiger partial charge on any atom is 0.272 e. The number of fused-ring (bicyclic) bond motifs is 1. The highest BCUT2D eigenvalue weighted by molar-refractivity contribution is 5.97. The minimum Gasteiger partial charge on any atom is -0.393 e. The van der Waals surface area contributed by atoms with Crippen molar-refractivity contribution in [3.63, 3.8) is 0 Å². The third kappa shape index (κ3) is 5.59. The predicted octanol–water partition coefficient (Wildman–Crippen LogP) is 4.23. The fourth-order valence-electron chi connectivity index (χ4n) is 4.81. The summed E-state index contributed by atoms with van der Waals surface area (Å²) in [6.45, 7) is 1.57. The smallest absolute Gasteiger partial charge is 0.272 e. The van der Waals surface area contributed by atoms with Crippen molar-refractivity contribution < 1.29 is 14.7 Å². The Morgan fingerprint density at radius 3 is 2.35 bits per heavy atom. The molecule has 4 rings (SSSR count). The van der Waals surface area contributed by atoms with Crippen molar-refractivity contribution in [1.82, 2.24) is 9.88 Å². The molecule has 31 heavy (non-hydrogen) atoms. The van der Waals surface area contributed by atoms with Crippen LogP contribution in [0.5, 0.6) is 0 Å². The number of aliphatic hydroxyl groups is 1. The number of aliphatic hydroxyl groups excluding tert-OH is 1. The van der Waals surface area contributed by atoms with Crippen molar-refractivity contribution in [2.24, 2.45) is 5.92 Å². The van der Waals surface area contributed by atoms with Gasteiger partial charge in [-0.3, -0.25) is 14.6 Å². The number of pyridine rings is 1. The van der Waals surface area contributed by atoms with E-state index in [1.54, 1.807) is 12.1 Å². The number of carbonyl (C=O) groups excluding carboxylic acids is 2. The van der Waals surface area contributed by atoms with Crippen LogP contribution in [0.1, 0.15) is 76.9 Å². The highest BCUT2D eigenvalue weighted by Gasteiger charge is 2.22. The molecular weight excluding hydrogens is 388 g/mol. The average Bonchev–Trinajstić information content (AvgIpc) is 3.24. The Morgan fingerprint density at radius 1 is 1.00 bits per heavy atom. The summed E-state index contributed by atoms with van der Waals surface area (Å²) in [5.41, 5.74) is 3.78. The molecule has 0 unspecified atom stereocenters. The van der Waals surface area contributed by atoms with E-state index in [1.807, 2.05) is 4.90 Å². The normalized spacial score (nSPS) is 17.4. The molecule has 0 saturated carbocycles. The van der Waals surface area contributed by atoms with Crippen molar-refractivity contribution >= 4 is 11.7 Å². The van der Waals surface area contributed by atoms with Crippen molar-refractivity contribution in [1.29, 1.82) is 0 Å². The molecule has 0 radical (unpaired) electrons. The molecule has 2 aliphatic rings. The molecule has 1 saturated heterocycles. The number of benzene rings is 1. The highest BCUT2D eigenvalue weighted by atomic mass is 16.3. The number of rotatable bonds is 8. The molecule has 1 amide bonds. The topological polar surface area (TPSA) is 70.5 Å². The molecular formula is C26H32N2O3. The van der Waals surface area contributed by atoms with Gasteiger partial charge in [0.25, 0.3) is 5.91 Å². The summed E-state index contributed by atoms with van der Waals surface area (Å²) in [5, 5.41) is 10.4. The molecule has 1 fully saturated rings. The number of hydrogen-bond donors (Lipinski definition) is 1. The van der Waals surface area contributed by atoms with Crippen molar-refractivity contribution in [2.75, 3.05) is 13.1 Å². The van der Waals surface area contributed by atoms with E-state index >= 15 is 0 Å². The van der Waals surface area contributed by atoms with Crippen LogP contribution in [0.4, 0.5) is 0 Å². The average molecular weight is 421 g/mol. The Bertz CT molecular complexity index is 878. The molecule has 5 nitrogen and oxygen atoms in total. The summed E-state index contributed by atoms with van der Waals surface area (Å²) < 4.78 is 0. The second kappa shape index (κ2) is 10.2. The van der Waals surface area contributed by atoms with E-state index in [1.165, 1.54) is 23.7 Å². The van der Waals surface area contributed by atoms with Gasteiger partial charge in [-0.05, 0) is 80.5 Å². The summed E-state index contributed by atoms with van der Waals surface area (Å²) in [6, 6.07) is 11.9. The molecule has 0 bridgehead atoms. The van der Waals surface area contributed by atoms with Crippen LogP contribution in [0.3, 0.4) is 0 Å². The van der Waals surface area contributed by atoms with Gasteiger partial charge in [-0.25, -0.2) is 0 Å². The van der Waals surface area contributed by atoms with Crippen LogP contribution in [0.2, 0.25) is 0 Å². The lowest BCUT2D eigenvalue weighted by molar-refractivity contribution is 0.0717. The first-order valence-electron chi connectivity index (χ1n) is 11.6. The van der Waals surface area contributed by atoms with Crippen molar-refractivity contribution in [3.8, 4) is 0 Å². The van der Waals surface area contributed by atoms with Crippen LogP contribution in [-0.4, -0.2) is 45.9 Å². The van der Waals surface area contributed by atoms with Gasteiger partial charge in [0.1, 0.15) is 5.69 Å². The van der Waals surface area contributed by atoms with Crippen LogP contribution in [0.15, 0.2) is 42.6 Å². The minimum absolute atomic E-state index is 0.0307. The molecule has 1 atom stereocenters. The van der Waals surface area contributed by atoms with Gasteiger partial charge in [0.05, 0.1) is 6.10 Å². The number of hydrogen-bond acceptors (Lipinski definition) is 4. The van der Waals surface area contributed by atoms with E-state index in [4.69, 9.17) is 0 Å². The first kappa shape index (κ1) is 21.7. The summed E-state index contributed by atoms with van der Waals surface area (Å²) >= 11 is 0. The number of Topliss-reactive ketones (excluding diaryl/α,β-unsaturated/α-hetero) is 1. The van der Waals surface area contributed by atoms with Gasteiger partial charge in [0, 0.05) is 31.3 Å². The fraction of sp³-hybridized carbons (Fsp3) is 0.500. The van der Waals surface area contributed by atoms with Gasteiger partial charge in [-0.2, -0.15) is 0 Å². The predicted molar refractivity (Wildman–Crippen MR) is 120 cm³/mol. The molecule has 1 aliphatic carbocycles. The van der Waals surface area contributed by atoms with Gasteiger partial charge >= 0.3 is 0 Å².